The van der Waals surface area contributed by atoms with E-state index in [4.69, 9.17) is 4.74 Å². The van der Waals surface area contributed by atoms with E-state index in [1.807, 2.05) is 45.9 Å². The molecule has 0 saturated heterocycles. The van der Waals surface area contributed by atoms with Crippen molar-refractivity contribution in [3.05, 3.63) is 42.2 Å². The van der Waals surface area contributed by atoms with Crippen LogP contribution in [-0.4, -0.2) is 28.0 Å². The smallest absolute Gasteiger partial charge is 0.258 e. The number of nitrogens with zero attached hydrogens (tertiary/aromatic N) is 2. The number of nitrogens with one attached hydrogen (secondary N) is 2. The molecule has 122 valence electrons. The van der Waals surface area contributed by atoms with E-state index in [-0.39, 0.29) is 11.4 Å². The Kier molecular flexibility index (Phi) is 5.16. The van der Waals surface area contributed by atoms with Gasteiger partial charge < -0.3 is 15.4 Å². The molecule has 23 heavy (non-hydrogen) atoms. The molecule has 1 heterocycles. The van der Waals surface area contributed by atoms with E-state index < -0.39 is 0 Å². The molecule has 1 amide bonds. The van der Waals surface area contributed by atoms with E-state index in [1.165, 1.54) is 12.4 Å². The number of ether oxygens (including phenoxy) is 1. The fourth-order valence-corrected chi connectivity index (χ4v) is 1.89. The molecule has 0 unspecified atom stereocenters. The second-order valence-electron chi connectivity index (χ2n) is 6.05. The molecule has 0 aliphatic carbocycles. The number of aromatic nitrogens is 2. The van der Waals surface area contributed by atoms with E-state index in [1.54, 1.807) is 6.07 Å². The molecule has 2 aromatic rings. The van der Waals surface area contributed by atoms with Crippen molar-refractivity contribution in [1.29, 1.82) is 0 Å². The number of rotatable bonds is 5. The molecule has 6 nitrogen and oxygen atoms in total. The number of anilines is 2. The van der Waals surface area contributed by atoms with Crippen molar-refractivity contribution in [1.82, 2.24) is 9.97 Å². The Hall–Kier alpha value is -2.63. The number of hydrogen-bond acceptors (Lipinski definition) is 5. The average Bonchev–Trinajstić information content (AvgIpc) is 2.48. The van der Waals surface area contributed by atoms with Crippen LogP contribution >= 0.6 is 0 Å². The van der Waals surface area contributed by atoms with Crippen LogP contribution < -0.4 is 15.4 Å². The molecule has 0 atom stereocenters. The lowest BCUT2D eigenvalue weighted by atomic mass is 10.1. The Morgan fingerprint density at radius 2 is 1.83 bits per heavy atom. The van der Waals surface area contributed by atoms with Crippen molar-refractivity contribution >= 4 is 17.5 Å². The molecule has 0 spiro atoms. The molecule has 0 bridgehead atoms. The monoisotopic (exact) mass is 314 g/mol. The molecule has 0 radical (unpaired) electrons. The van der Waals surface area contributed by atoms with Gasteiger partial charge in [-0.1, -0.05) is 12.1 Å². The van der Waals surface area contributed by atoms with Crippen molar-refractivity contribution in [3.63, 3.8) is 0 Å². The first-order chi connectivity index (χ1) is 10.9. The van der Waals surface area contributed by atoms with Gasteiger partial charge in [-0.3, -0.25) is 4.79 Å². The number of carbonyl (C=O) groups excluding carboxylic acids is 1. The third-order valence-corrected chi connectivity index (χ3v) is 2.84. The molecule has 6 heteroatoms. The van der Waals surface area contributed by atoms with Crippen molar-refractivity contribution in [3.8, 4) is 5.75 Å². The summed E-state index contributed by atoms with van der Waals surface area (Å²) in [5, 5.41) is 5.96. The van der Waals surface area contributed by atoms with Crippen LogP contribution in [0.4, 0.5) is 11.6 Å². The van der Waals surface area contributed by atoms with Gasteiger partial charge in [-0.05, 0) is 39.8 Å². The minimum Gasteiger partial charge on any atom is -0.492 e. The van der Waals surface area contributed by atoms with Gasteiger partial charge in [-0.2, -0.15) is 0 Å². The van der Waals surface area contributed by atoms with Gasteiger partial charge in [0, 0.05) is 17.9 Å². The summed E-state index contributed by atoms with van der Waals surface area (Å²) in [6, 6.07) is 7.30. The summed E-state index contributed by atoms with van der Waals surface area (Å²) in [7, 11) is 0. The maximum atomic E-state index is 12.3. The predicted octanol–water partition coefficient (Wildman–Crippen LogP) is 3.34. The molecular weight excluding hydrogens is 292 g/mol. The first kappa shape index (κ1) is 16.7. The summed E-state index contributed by atoms with van der Waals surface area (Å²) < 4.78 is 5.49. The van der Waals surface area contributed by atoms with E-state index in [0.29, 0.717) is 29.6 Å². The van der Waals surface area contributed by atoms with E-state index in [9.17, 15) is 4.79 Å². The maximum absolute atomic E-state index is 12.3. The summed E-state index contributed by atoms with van der Waals surface area (Å²) in [6.07, 6.45) is 3.00. The highest BCUT2D eigenvalue weighted by molar-refractivity contribution is 6.04. The van der Waals surface area contributed by atoms with Gasteiger partial charge in [0.2, 0.25) is 5.95 Å². The molecule has 2 N–H and O–H groups in total. The largest absolute Gasteiger partial charge is 0.492 e. The fourth-order valence-electron chi connectivity index (χ4n) is 1.89. The van der Waals surface area contributed by atoms with Crippen LogP contribution in [0, 0.1) is 0 Å². The number of benzene rings is 1. The second-order valence-corrected chi connectivity index (χ2v) is 6.05. The van der Waals surface area contributed by atoms with Gasteiger partial charge in [0.25, 0.3) is 5.91 Å². The Bertz CT molecular complexity index is 663. The molecule has 2 rings (SSSR count). The third-order valence-electron chi connectivity index (χ3n) is 2.84. The molecule has 1 aromatic carbocycles. The lowest BCUT2D eigenvalue weighted by Crippen LogP contribution is -2.27. The zero-order chi connectivity index (χ0) is 16.9. The number of carbonyl (C=O) groups is 1. The summed E-state index contributed by atoms with van der Waals surface area (Å²) in [4.78, 5) is 20.6. The van der Waals surface area contributed by atoms with Gasteiger partial charge in [-0.15, -0.1) is 0 Å². The van der Waals surface area contributed by atoms with Crippen molar-refractivity contribution < 1.29 is 9.53 Å². The van der Waals surface area contributed by atoms with Crippen LogP contribution in [0.5, 0.6) is 5.75 Å². The van der Waals surface area contributed by atoms with Gasteiger partial charge in [-0.25, -0.2) is 9.97 Å². The Balaban J connectivity index is 2.09. The van der Waals surface area contributed by atoms with Gasteiger partial charge in [0.1, 0.15) is 5.75 Å². The zero-order valence-corrected chi connectivity index (χ0v) is 13.9. The van der Waals surface area contributed by atoms with Crippen LogP contribution in [0.1, 0.15) is 38.1 Å². The van der Waals surface area contributed by atoms with Gasteiger partial charge in [0.15, 0.2) is 0 Å². The summed E-state index contributed by atoms with van der Waals surface area (Å²) in [5.41, 5.74) is 0.868. The lowest BCUT2D eigenvalue weighted by molar-refractivity contribution is 0.102. The Morgan fingerprint density at radius 3 is 2.43 bits per heavy atom. The zero-order valence-electron chi connectivity index (χ0n) is 13.9. The van der Waals surface area contributed by atoms with Crippen LogP contribution in [0.3, 0.4) is 0 Å². The third kappa shape index (κ3) is 4.95. The molecule has 0 aliphatic heterocycles. The minimum atomic E-state index is -0.278. The fraction of sp³-hybridized carbons (Fsp3) is 0.353. The normalized spacial score (nSPS) is 11.0. The van der Waals surface area contributed by atoms with Crippen molar-refractivity contribution in [2.75, 3.05) is 17.2 Å². The maximum Gasteiger partial charge on any atom is 0.258 e. The number of amides is 1. The van der Waals surface area contributed by atoms with Crippen molar-refractivity contribution in [2.45, 2.75) is 33.2 Å². The average molecular weight is 314 g/mol. The van der Waals surface area contributed by atoms with Crippen LogP contribution in [0.25, 0.3) is 0 Å². The van der Waals surface area contributed by atoms with Crippen molar-refractivity contribution in [2.24, 2.45) is 0 Å². The molecule has 0 fully saturated rings. The highest BCUT2D eigenvalue weighted by Crippen LogP contribution is 2.24. The van der Waals surface area contributed by atoms with E-state index >= 15 is 0 Å². The van der Waals surface area contributed by atoms with E-state index in [0.717, 1.165) is 0 Å². The summed E-state index contributed by atoms with van der Waals surface area (Å²) in [6.45, 7) is 8.47. The highest BCUT2D eigenvalue weighted by Gasteiger charge is 2.13. The van der Waals surface area contributed by atoms with Gasteiger partial charge in [0.05, 0.1) is 17.9 Å². The first-order valence-corrected chi connectivity index (χ1v) is 7.52. The standard InChI is InChI=1S/C17H22N4O2/c1-5-23-14-9-7-6-8-13(14)20-15(22)12-10-18-16(19-11-12)21-17(2,3)4/h6-11H,5H2,1-4H3,(H,20,22)(H,18,19,21). The van der Waals surface area contributed by atoms with Crippen LogP contribution in [-0.2, 0) is 0 Å². The Morgan fingerprint density at radius 1 is 1.17 bits per heavy atom. The molecular formula is C17H22N4O2. The van der Waals surface area contributed by atoms with Crippen LogP contribution in [0.15, 0.2) is 36.7 Å². The predicted molar refractivity (Wildman–Crippen MR) is 91.0 cm³/mol. The summed E-state index contributed by atoms with van der Waals surface area (Å²) in [5.74, 6) is 0.846. The van der Waals surface area contributed by atoms with Gasteiger partial charge >= 0.3 is 0 Å². The SMILES string of the molecule is CCOc1ccccc1NC(=O)c1cnc(NC(C)(C)C)nc1. The molecule has 0 saturated carbocycles. The van der Waals surface area contributed by atoms with Crippen LogP contribution in [0.2, 0.25) is 0 Å². The summed E-state index contributed by atoms with van der Waals surface area (Å²) >= 11 is 0. The molecule has 0 aliphatic rings. The number of para-hydroxylation sites is 2. The molecule has 1 aromatic heterocycles. The topological polar surface area (TPSA) is 76.1 Å². The first-order valence-electron chi connectivity index (χ1n) is 7.52. The second kappa shape index (κ2) is 7.09. The quantitative estimate of drug-likeness (QED) is 0.885. The minimum absolute atomic E-state index is 0.139. The Labute approximate surface area is 136 Å². The highest BCUT2D eigenvalue weighted by atomic mass is 16.5. The van der Waals surface area contributed by atoms with E-state index in [2.05, 4.69) is 20.6 Å². The lowest BCUT2D eigenvalue weighted by Gasteiger charge is -2.20. The number of hydrogen-bond donors (Lipinski definition) is 2.